The second-order valence-electron chi connectivity index (χ2n) is 5.75. The lowest BCUT2D eigenvalue weighted by atomic mass is 9.87. The fourth-order valence-electron chi connectivity index (χ4n) is 1.69. The first kappa shape index (κ1) is 18.4. The Hall–Kier alpha value is -1.63. The molecule has 1 atom stereocenters. The van der Waals surface area contributed by atoms with E-state index in [2.05, 4.69) is 10.6 Å². The molecule has 0 spiro atoms. The average molecular weight is 310 g/mol. The molecular weight excluding hydrogens is 284 g/mol. The van der Waals surface area contributed by atoms with Crippen LogP contribution < -0.4 is 15.4 Å². The van der Waals surface area contributed by atoms with Gasteiger partial charge in [0, 0.05) is 25.0 Å². The fraction of sp³-hybridized carbons (Fsp3) is 0.562. The number of amides is 1. The second-order valence-corrected chi connectivity index (χ2v) is 5.75. The smallest absolute Gasteiger partial charge is 0.249 e. The zero-order valence-electron chi connectivity index (χ0n) is 13.2. The van der Waals surface area contributed by atoms with E-state index in [1.165, 1.54) is 0 Å². The predicted molar refractivity (Wildman–Crippen MR) is 84.7 cm³/mol. The van der Waals surface area contributed by atoms with Gasteiger partial charge in [0.2, 0.25) is 5.91 Å². The third-order valence-electron chi connectivity index (χ3n) is 3.29. The highest BCUT2D eigenvalue weighted by atomic mass is 16.5. The number of rotatable bonds is 10. The first-order chi connectivity index (χ1) is 10.5. The van der Waals surface area contributed by atoms with Crippen LogP contribution in [0.5, 0.6) is 5.75 Å². The van der Waals surface area contributed by atoms with Crippen LogP contribution in [0.25, 0.3) is 0 Å². The van der Waals surface area contributed by atoms with E-state index in [0.29, 0.717) is 26.2 Å². The van der Waals surface area contributed by atoms with Gasteiger partial charge in [0.15, 0.2) is 0 Å². The minimum Gasteiger partial charge on any atom is -0.492 e. The van der Waals surface area contributed by atoms with Crippen LogP contribution in [-0.4, -0.2) is 55.1 Å². The quantitative estimate of drug-likeness (QED) is 0.462. The van der Waals surface area contributed by atoms with E-state index < -0.39 is 17.4 Å². The summed E-state index contributed by atoms with van der Waals surface area (Å²) >= 11 is 0. The molecule has 0 fully saturated rings. The highest BCUT2D eigenvalue weighted by molar-refractivity contribution is 5.81. The van der Waals surface area contributed by atoms with Crippen molar-refractivity contribution >= 4 is 5.91 Å². The lowest BCUT2D eigenvalue weighted by molar-refractivity contribution is -0.137. The summed E-state index contributed by atoms with van der Waals surface area (Å²) in [6, 6.07) is 9.55. The first-order valence-electron chi connectivity index (χ1n) is 7.42. The molecule has 0 aliphatic heterocycles. The van der Waals surface area contributed by atoms with Crippen molar-refractivity contribution in [3.63, 3.8) is 0 Å². The number of aliphatic hydroxyl groups is 2. The van der Waals surface area contributed by atoms with Crippen molar-refractivity contribution < 1.29 is 19.7 Å². The Morgan fingerprint density at radius 2 is 1.91 bits per heavy atom. The molecule has 6 heteroatoms. The highest BCUT2D eigenvalue weighted by Crippen LogP contribution is 2.19. The first-order valence-corrected chi connectivity index (χ1v) is 7.42. The zero-order valence-corrected chi connectivity index (χ0v) is 13.2. The number of hydrogen-bond donors (Lipinski definition) is 4. The lowest BCUT2D eigenvalue weighted by Gasteiger charge is -2.27. The fourth-order valence-corrected chi connectivity index (χ4v) is 1.69. The monoisotopic (exact) mass is 310 g/mol. The Kier molecular flexibility index (Phi) is 7.87. The Balaban J connectivity index is 2.07. The molecule has 0 aliphatic rings. The summed E-state index contributed by atoms with van der Waals surface area (Å²) in [5.74, 6) is 0.355. The number of ether oxygens (including phenoxy) is 1. The van der Waals surface area contributed by atoms with Crippen molar-refractivity contribution in [2.24, 2.45) is 5.41 Å². The number of carbonyl (C=O) groups is 1. The molecule has 22 heavy (non-hydrogen) atoms. The van der Waals surface area contributed by atoms with Gasteiger partial charge in [0.05, 0.1) is 6.61 Å². The van der Waals surface area contributed by atoms with Gasteiger partial charge in [0.25, 0.3) is 0 Å². The van der Waals surface area contributed by atoms with E-state index in [1.807, 2.05) is 30.3 Å². The van der Waals surface area contributed by atoms with Gasteiger partial charge in [-0.1, -0.05) is 32.0 Å². The SMILES string of the molecule is CC(C)(CO)[C@@H](O)C(=O)NCCNCCOc1ccccc1. The average Bonchev–Trinajstić information content (AvgIpc) is 2.54. The van der Waals surface area contributed by atoms with Crippen molar-refractivity contribution in [2.45, 2.75) is 20.0 Å². The van der Waals surface area contributed by atoms with Crippen LogP contribution in [0.15, 0.2) is 30.3 Å². The standard InChI is InChI=1S/C16H26N2O4/c1-16(2,12-19)14(20)15(21)18-9-8-17-10-11-22-13-6-4-3-5-7-13/h3-7,14,17,19-20H,8-12H2,1-2H3,(H,18,21)/t14-/m0/s1. The summed E-state index contributed by atoms with van der Waals surface area (Å²) in [5, 5.41) is 24.7. The van der Waals surface area contributed by atoms with Crippen molar-refractivity contribution in [2.75, 3.05) is 32.8 Å². The van der Waals surface area contributed by atoms with E-state index in [-0.39, 0.29) is 6.61 Å². The molecule has 0 saturated carbocycles. The number of carbonyl (C=O) groups excluding carboxylic acids is 1. The van der Waals surface area contributed by atoms with E-state index in [1.54, 1.807) is 13.8 Å². The third kappa shape index (κ3) is 6.43. The van der Waals surface area contributed by atoms with Gasteiger partial charge in [0.1, 0.15) is 18.5 Å². The van der Waals surface area contributed by atoms with Crippen LogP contribution in [0.2, 0.25) is 0 Å². The molecular formula is C16H26N2O4. The Morgan fingerprint density at radius 3 is 2.55 bits per heavy atom. The van der Waals surface area contributed by atoms with Gasteiger partial charge in [-0.3, -0.25) is 4.79 Å². The topological polar surface area (TPSA) is 90.8 Å². The number of aliphatic hydroxyl groups excluding tert-OH is 2. The Labute approximate surface area is 131 Å². The van der Waals surface area contributed by atoms with Gasteiger partial charge in [-0.05, 0) is 12.1 Å². The van der Waals surface area contributed by atoms with Crippen molar-refractivity contribution in [1.29, 1.82) is 0 Å². The highest BCUT2D eigenvalue weighted by Gasteiger charge is 2.32. The van der Waals surface area contributed by atoms with Crippen molar-refractivity contribution in [3.8, 4) is 5.75 Å². The molecule has 0 heterocycles. The maximum atomic E-state index is 11.7. The molecule has 0 saturated heterocycles. The van der Waals surface area contributed by atoms with Crippen LogP contribution >= 0.6 is 0 Å². The maximum absolute atomic E-state index is 11.7. The van der Waals surface area contributed by atoms with Gasteiger partial charge in [-0.25, -0.2) is 0 Å². The van der Waals surface area contributed by atoms with E-state index in [9.17, 15) is 9.90 Å². The summed E-state index contributed by atoms with van der Waals surface area (Å²) < 4.78 is 5.51. The molecule has 1 rings (SSSR count). The molecule has 0 radical (unpaired) electrons. The molecule has 6 nitrogen and oxygen atoms in total. The largest absolute Gasteiger partial charge is 0.492 e. The normalized spacial score (nSPS) is 12.7. The molecule has 4 N–H and O–H groups in total. The van der Waals surface area contributed by atoms with E-state index in [4.69, 9.17) is 9.84 Å². The summed E-state index contributed by atoms with van der Waals surface area (Å²) in [7, 11) is 0. The number of nitrogens with one attached hydrogen (secondary N) is 2. The number of benzene rings is 1. The van der Waals surface area contributed by atoms with E-state index >= 15 is 0 Å². The maximum Gasteiger partial charge on any atom is 0.249 e. The molecule has 124 valence electrons. The summed E-state index contributed by atoms with van der Waals surface area (Å²) in [6.07, 6.45) is -1.22. The van der Waals surface area contributed by atoms with Crippen molar-refractivity contribution in [3.05, 3.63) is 30.3 Å². The van der Waals surface area contributed by atoms with Crippen LogP contribution in [0.4, 0.5) is 0 Å². The Morgan fingerprint density at radius 1 is 1.23 bits per heavy atom. The second kappa shape index (κ2) is 9.40. The third-order valence-corrected chi connectivity index (χ3v) is 3.29. The van der Waals surface area contributed by atoms with Gasteiger partial charge in [-0.15, -0.1) is 0 Å². The van der Waals surface area contributed by atoms with E-state index in [0.717, 1.165) is 5.75 Å². The molecule has 0 aromatic heterocycles. The van der Waals surface area contributed by atoms with Crippen LogP contribution in [0, 0.1) is 5.41 Å². The lowest BCUT2D eigenvalue weighted by Crippen LogP contribution is -2.47. The molecule has 0 aliphatic carbocycles. The molecule has 0 bridgehead atoms. The molecule has 0 unspecified atom stereocenters. The number of hydrogen-bond acceptors (Lipinski definition) is 5. The Bertz CT molecular complexity index is 437. The zero-order chi connectivity index (χ0) is 16.4. The van der Waals surface area contributed by atoms with Crippen LogP contribution in [0.1, 0.15) is 13.8 Å². The minimum atomic E-state index is -1.22. The molecule has 1 amide bonds. The van der Waals surface area contributed by atoms with Crippen LogP contribution in [0.3, 0.4) is 0 Å². The van der Waals surface area contributed by atoms with Gasteiger partial charge >= 0.3 is 0 Å². The van der Waals surface area contributed by atoms with Crippen LogP contribution in [-0.2, 0) is 4.79 Å². The van der Waals surface area contributed by atoms with Gasteiger partial charge < -0.3 is 25.6 Å². The van der Waals surface area contributed by atoms with Crippen molar-refractivity contribution in [1.82, 2.24) is 10.6 Å². The summed E-state index contributed by atoms with van der Waals surface area (Å²) in [4.78, 5) is 11.7. The minimum absolute atomic E-state index is 0.253. The predicted octanol–water partition coefficient (Wildman–Crippen LogP) is 0.151. The number of para-hydroxylation sites is 1. The molecule has 1 aromatic rings. The summed E-state index contributed by atoms with van der Waals surface area (Å²) in [6.45, 7) is 5.20. The summed E-state index contributed by atoms with van der Waals surface area (Å²) in [5.41, 5.74) is -0.846. The molecule has 1 aromatic carbocycles. The van der Waals surface area contributed by atoms with Gasteiger partial charge in [-0.2, -0.15) is 0 Å².